The lowest BCUT2D eigenvalue weighted by Crippen LogP contribution is -2.31. The predicted octanol–water partition coefficient (Wildman–Crippen LogP) is 3.32. The number of nitro groups is 1. The van der Waals surface area contributed by atoms with Gasteiger partial charge in [-0.15, -0.1) is 0 Å². The quantitative estimate of drug-likeness (QED) is 0.501. The zero-order valence-corrected chi connectivity index (χ0v) is 17.0. The molecule has 1 fully saturated rings. The van der Waals surface area contributed by atoms with Gasteiger partial charge < -0.3 is 14.5 Å². The fourth-order valence-corrected chi connectivity index (χ4v) is 4.15. The number of alkyl halides is 2. The molecule has 1 aliphatic heterocycles. The molecule has 0 aromatic heterocycles. The van der Waals surface area contributed by atoms with E-state index in [1.165, 1.54) is 6.07 Å². The van der Waals surface area contributed by atoms with Crippen LogP contribution >= 0.6 is 0 Å². The second-order valence-corrected chi connectivity index (χ2v) is 8.66. The van der Waals surface area contributed by atoms with E-state index in [0.717, 1.165) is 24.0 Å². The Hall–Kier alpha value is -2.95. The fraction of sp³-hybridized carbons (Fsp3) is 0.368. The number of methoxy groups -OCH3 is 1. The molecule has 0 unspecified atom stereocenters. The Kier molecular flexibility index (Phi) is 6.40. The van der Waals surface area contributed by atoms with Gasteiger partial charge in [0.1, 0.15) is 11.4 Å². The second-order valence-electron chi connectivity index (χ2n) is 6.74. The summed E-state index contributed by atoms with van der Waals surface area (Å²) in [6.45, 7) is 2.28. The van der Waals surface area contributed by atoms with Crippen LogP contribution in [0, 0.1) is 10.1 Å². The van der Waals surface area contributed by atoms with Crippen molar-refractivity contribution < 1.29 is 26.9 Å². The Morgan fingerprint density at radius 3 is 2.27 bits per heavy atom. The minimum Gasteiger partial charge on any atom is -0.497 e. The van der Waals surface area contributed by atoms with E-state index >= 15 is 0 Å². The molecule has 0 amide bonds. The molecule has 0 N–H and O–H groups in total. The average molecular weight is 441 g/mol. The summed E-state index contributed by atoms with van der Waals surface area (Å²) in [5.74, 6) is -2.90. The molecule has 0 aliphatic carbocycles. The molecule has 0 saturated carbocycles. The van der Waals surface area contributed by atoms with Gasteiger partial charge in [0.25, 0.3) is 5.69 Å². The third kappa shape index (κ3) is 4.45. The highest BCUT2D eigenvalue weighted by molar-refractivity contribution is 7.91. The van der Waals surface area contributed by atoms with Crippen LogP contribution < -0.4 is 14.5 Å². The van der Waals surface area contributed by atoms with Crippen molar-refractivity contribution in [3.63, 3.8) is 0 Å². The normalized spacial score (nSPS) is 15.2. The smallest absolute Gasteiger partial charge is 0.341 e. The molecule has 1 heterocycles. The molecule has 2 aromatic rings. The van der Waals surface area contributed by atoms with E-state index in [0.29, 0.717) is 32.1 Å². The van der Waals surface area contributed by atoms with Gasteiger partial charge in [-0.25, -0.2) is 8.42 Å². The summed E-state index contributed by atoms with van der Waals surface area (Å²) in [4.78, 5) is 13.9. The third-order valence-corrected chi connectivity index (χ3v) is 6.36. The number of sulfone groups is 1. The number of nitro benzene ring substituents is 1. The average Bonchev–Trinajstić information content (AvgIpc) is 2.99. The first-order valence-corrected chi connectivity index (χ1v) is 10.7. The summed E-state index contributed by atoms with van der Waals surface area (Å²) < 4.78 is 54.2. The third-order valence-electron chi connectivity index (χ3n) is 4.98. The Morgan fingerprint density at radius 2 is 1.67 bits per heavy atom. The van der Waals surface area contributed by atoms with Gasteiger partial charge in [0.05, 0.1) is 16.9 Å². The van der Waals surface area contributed by atoms with Gasteiger partial charge in [-0.2, -0.15) is 8.78 Å². The fourth-order valence-electron chi connectivity index (χ4n) is 3.41. The van der Waals surface area contributed by atoms with E-state index < -0.39 is 31.1 Å². The molecule has 2 aromatic carbocycles. The molecule has 3 rings (SSSR count). The molecule has 1 aliphatic rings. The monoisotopic (exact) mass is 441 g/mol. The first kappa shape index (κ1) is 21.8. The first-order chi connectivity index (χ1) is 14.2. The summed E-state index contributed by atoms with van der Waals surface area (Å²) in [6.07, 6.45) is 0.709. The Balaban J connectivity index is 1.84. The largest absolute Gasteiger partial charge is 0.497 e. The van der Waals surface area contributed by atoms with E-state index in [4.69, 9.17) is 4.74 Å². The van der Waals surface area contributed by atoms with Gasteiger partial charge in [-0.05, 0) is 42.8 Å². The van der Waals surface area contributed by atoms with Crippen LogP contribution in [0.2, 0.25) is 0 Å². The number of ether oxygens (including phenoxy) is 1. The lowest BCUT2D eigenvalue weighted by Gasteiger charge is -2.25. The van der Waals surface area contributed by atoms with Crippen molar-refractivity contribution in [2.45, 2.75) is 17.1 Å². The molecule has 0 radical (unpaired) electrons. The Bertz CT molecular complexity index is 1020. The van der Waals surface area contributed by atoms with Crippen molar-refractivity contribution in [1.29, 1.82) is 0 Å². The van der Waals surface area contributed by atoms with Gasteiger partial charge in [0.15, 0.2) is 0 Å². The number of benzene rings is 2. The molecule has 8 nitrogen and oxygen atoms in total. The maximum atomic E-state index is 12.8. The Morgan fingerprint density at radius 1 is 1.03 bits per heavy atom. The molecule has 0 bridgehead atoms. The van der Waals surface area contributed by atoms with Crippen LogP contribution in [-0.4, -0.2) is 52.4 Å². The highest BCUT2D eigenvalue weighted by Gasteiger charge is 2.31. The summed E-state index contributed by atoms with van der Waals surface area (Å²) in [5.41, 5.74) is 0.699. The summed E-state index contributed by atoms with van der Waals surface area (Å²) in [7, 11) is -3.33. The van der Waals surface area contributed by atoms with Crippen LogP contribution in [0.3, 0.4) is 0 Å². The van der Waals surface area contributed by atoms with Crippen LogP contribution in [0.25, 0.3) is 0 Å². The molecular weight excluding hydrogens is 420 g/mol. The predicted molar refractivity (Wildman–Crippen MR) is 108 cm³/mol. The lowest BCUT2D eigenvalue weighted by molar-refractivity contribution is -0.384. The van der Waals surface area contributed by atoms with E-state index in [1.807, 2.05) is 24.3 Å². The second kappa shape index (κ2) is 8.82. The summed E-state index contributed by atoms with van der Waals surface area (Å²) in [6, 6.07) is 10.5. The zero-order valence-electron chi connectivity index (χ0n) is 16.2. The number of hydrogen-bond donors (Lipinski definition) is 0. The molecule has 30 heavy (non-hydrogen) atoms. The van der Waals surface area contributed by atoms with Crippen molar-refractivity contribution >= 4 is 26.9 Å². The van der Waals surface area contributed by atoms with Crippen molar-refractivity contribution in [1.82, 2.24) is 0 Å². The van der Waals surface area contributed by atoms with Crippen molar-refractivity contribution in [3.05, 3.63) is 52.6 Å². The SMILES string of the molecule is COc1ccc(N2CCCN(c3ccc(S(=O)(=O)C(F)F)cc3[N+](=O)[O-])CC2)cc1. The molecule has 0 spiro atoms. The minimum absolute atomic E-state index is 0.213. The van der Waals surface area contributed by atoms with Gasteiger partial charge >= 0.3 is 5.76 Å². The maximum Gasteiger partial charge on any atom is 0.341 e. The Labute approximate surface area is 172 Å². The van der Waals surface area contributed by atoms with Crippen molar-refractivity contribution in [2.75, 3.05) is 43.1 Å². The molecule has 1 saturated heterocycles. The number of halogens is 2. The highest BCUT2D eigenvalue weighted by Crippen LogP contribution is 2.33. The topological polar surface area (TPSA) is 93.0 Å². The number of nitrogens with zero attached hydrogens (tertiary/aromatic N) is 3. The maximum absolute atomic E-state index is 12.8. The zero-order chi connectivity index (χ0) is 21.9. The molecule has 0 atom stereocenters. The van der Waals surface area contributed by atoms with Gasteiger partial charge in [-0.1, -0.05) is 0 Å². The standard InChI is InChI=1S/C19H21F2N3O5S/c1-29-15-5-3-14(4-6-15)22-9-2-10-23(12-11-22)17-8-7-16(13-18(17)24(25)26)30(27,28)19(20)21/h3-8,13,19H,2,9-12H2,1H3. The first-order valence-electron chi connectivity index (χ1n) is 9.18. The van der Waals surface area contributed by atoms with Gasteiger partial charge in [0, 0.05) is 37.9 Å². The van der Waals surface area contributed by atoms with Gasteiger partial charge in [0.2, 0.25) is 9.84 Å². The number of rotatable bonds is 6. The van der Waals surface area contributed by atoms with Crippen LogP contribution in [0.1, 0.15) is 6.42 Å². The van der Waals surface area contributed by atoms with Crippen molar-refractivity contribution in [3.8, 4) is 5.75 Å². The number of hydrogen-bond acceptors (Lipinski definition) is 7. The van der Waals surface area contributed by atoms with Crippen LogP contribution in [0.4, 0.5) is 25.8 Å². The summed E-state index contributed by atoms with van der Waals surface area (Å²) in [5, 5.41) is 11.5. The van der Waals surface area contributed by atoms with Crippen LogP contribution in [0.5, 0.6) is 5.75 Å². The highest BCUT2D eigenvalue weighted by atomic mass is 32.2. The lowest BCUT2D eigenvalue weighted by atomic mass is 10.2. The minimum atomic E-state index is -4.91. The van der Waals surface area contributed by atoms with E-state index in [9.17, 15) is 27.3 Å². The van der Waals surface area contributed by atoms with Gasteiger partial charge in [-0.3, -0.25) is 10.1 Å². The molecule has 162 valence electrons. The van der Waals surface area contributed by atoms with E-state index in [2.05, 4.69) is 4.90 Å². The van der Waals surface area contributed by atoms with E-state index in [1.54, 1.807) is 12.0 Å². The van der Waals surface area contributed by atoms with Crippen LogP contribution in [-0.2, 0) is 9.84 Å². The molecular formula is C19H21F2N3O5S. The summed E-state index contributed by atoms with van der Waals surface area (Å²) >= 11 is 0. The van der Waals surface area contributed by atoms with Crippen molar-refractivity contribution in [2.24, 2.45) is 0 Å². The number of anilines is 2. The molecule has 11 heteroatoms. The van der Waals surface area contributed by atoms with E-state index in [-0.39, 0.29) is 5.69 Å². The van der Waals surface area contributed by atoms with Crippen LogP contribution in [0.15, 0.2) is 47.4 Å².